The zero-order valence-electron chi connectivity index (χ0n) is 12.4. The van der Waals surface area contributed by atoms with Crippen LogP contribution < -0.4 is 4.74 Å². The summed E-state index contributed by atoms with van der Waals surface area (Å²) >= 11 is 0. The highest BCUT2D eigenvalue weighted by atomic mass is 16.5. The number of nitrogens with zero attached hydrogens (tertiary/aromatic N) is 3. The molecule has 0 atom stereocenters. The number of aromatic nitrogens is 3. The van der Waals surface area contributed by atoms with Crippen molar-refractivity contribution < 1.29 is 9.53 Å². The van der Waals surface area contributed by atoms with Crippen LogP contribution in [0.4, 0.5) is 0 Å². The Hall–Kier alpha value is -2.95. The summed E-state index contributed by atoms with van der Waals surface area (Å²) in [6, 6.07) is 13.1. The highest BCUT2D eigenvalue weighted by Crippen LogP contribution is 2.25. The van der Waals surface area contributed by atoms with Gasteiger partial charge in [0.25, 0.3) is 0 Å². The number of hydrogen-bond acceptors (Lipinski definition) is 4. The molecule has 0 saturated heterocycles. The average molecular weight is 293 g/mol. The molecule has 0 aliphatic rings. The van der Waals surface area contributed by atoms with Crippen LogP contribution in [0.25, 0.3) is 16.7 Å². The molecule has 0 aliphatic heterocycles. The Morgan fingerprint density at radius 2 is 1.77 bits per heavy atom. The number of rotatable bonds is 3. The van der Waals surface area contributed by atoms with Crippen LogP contribution in [0.2, 0.25) is 0 Å². The van der Waals surface area contributed by atoms with Crippen molar-refractivity contribution >= 4 is 17.0 Å². The molecule has 1 heterocycles. The highest BCUT2D eigenvalue weighted by molar-refractivity contribution is 5.89. The van der Waals surface area contributed by atoms with Gasteiger partial charge >= 0.3 is 5.97 Å². The number of carbonyl (C=O) groups is 1. The standard InChI is InChI=1S/C17H15N3O2/c1-11(2)17(21)22-16-9-8-12(3)10-15(16)20-18-13-6-4-5-7-14(13)19-20/h4-10H,1H2,2-3H3. The molecule has 3 rings (SSSR count). The van der Waals surface area contributed by atoms with Gasteiger partial charge in [0, 0.05) is 5.57 Å². The van der Waals surface area contributed by atoms with Crippen molar-refractivity contribution in [2.45, 2.75) is 13.8 Å². The van der Waals surface area contributed by atoms with Crippen molar-refractivity contribution in [1.82, 2.24) is 15.0 Å². The number of fused-ring (bicyclic) bond motifs is 1. The van der Waals surface area contributed by atoms with Crippen LogP contribution in [-0.2, 0) is 4.79 Å². The molecule has 0 amide bonds. The van der Waals surface area contributed by atoms with Gasteiger partial charge in [0.2, 0.25) is 0 Å². The van der Waals surface area contributed by atoms with Crippen LogP contribution in [0.15, 0.2) is 54.6 Å². The third-order valence-corrected chi connectivity index (χ3v) is 3.17. The number of aryl methyl sites for hydroxylation is 1. The summed E-state index contributed by atoms with van der Waals surface area (Å²) in [7, 11) is 0. The van der Waals surface area contributed by atoms with E-state index in [1.165, 1.54) is 4.80 Å². The first-order valence-corrected chi connectivity index (χ1v) is 6.85. The normalized spacial score (nSPS) is 10.6. The van der Waals surface area contributed by atoms with Crippen LogP contribution in [0, 0.1) is 6.92 Å². The maximum Gasteiger partial charge on any atom is 0.338 e. The van der Waals surface area contributed by atoms with E-state index >= 15 is 0 Å². The Balaban J connectivity index is 2.10. The molecule has 22 heavy (non-hydrogen) atoms. The van der Waals surface area contributed by atoms with Crippen molar-refractivity contribution in [3.63, 3.8) is 0 Å². The minimum atomic E-state index is -0.471. The zero-order valence-corrected chi connectivity index (χ0v) is 12.4. The summed E-state index contributed by atoms with van der Waals surface area (Å²) in [5, 5.41) is 8.86. The monoisotopic (exact) mass is 293 g/mol. The molecule has 1 aromatic heterocycles. The van der Waals surface area contributed by atoms with E-state index in [0.29, 0.717) is 17.0 Å². The molecule has 0 spiro atoms. The number of esters is 1. The fourth-order valence-electron chi connectivity index (χ4n) is 2.02. The summed E-state index contributed by atoms with van der Waals surface area (Å²) in [5.41, 5.74) is 3.53. The fourth-order valence-corrected chi connectivity index (χ4v) is 2.02. The van der Waals surface area contributed by atoms with Crippen LogP contribution in [-0.4, -0.2) is 21.0 Å². The molecule has 0 unspecified atom stereocenters. The maximum atomic E-state index is 11.8. The molecule has 0 fully saturated rings. The van der Waals surface area contributed by atoms with Crippen LogP contribution in [0.5, 0.6) is 5.75 Å². The molecule has 0 bridgehead atoms. The molecule has 5 nitrogen and oxygen atoms in total. The Morgan fingerprint density at radius 1 is 1.14 bits per heavy atom. The topological polar surface area (TPSA) is 57.0 Å². The summed E-state index contributed by atoms with van der Waals surface area (Å²) in [5.74, 6) is -0.0688. The predicted octanol–water partition coefficient (Wildman–Crippen LogP) is 3.21. The predicted molar refractivity (Wildman–Crippen MR) is 84.1 cm³/mol. The van der Waals surface area contributed by atoms with Crippen LogP contribution >= 0.6 is 0 Å². The Labute approximate surface area is 127 Å². The van der Waals surface area contributed by atoms with Gasteiger partial charge in [-0.2, -0.15) is 0 Å². The average Bonchev–Trinajstić information content (AvgIpc) is 2.92. The number of benzene rings is 2. The van der Waals surface area contributed by atoms with E-state index in [-0.39, 0.29) is 0 Å². The molecular formula is C17H15N3O2. The first kappa shape index (κ1) is 14.0. The van der Waals surface area contributed by atoms with Gasteiger partial charge in [-0.15, -0.1) is 15.0 Å². The summed E-state index contributed by atoms with van der Waals surface area (Å²) in [4.78, 5) is 13.3. The molecular weight excluding hydrogens is 278 g/mol. The van der Waals surface area contributed by atoms with Gasteiger partial charge < -0.3 is 4.74 Å². The number of hydrogen-bond donors (Lipinski definition) is 0. The first-order valence-electron chi connectivity index (χ1n) is 6.85. The van der Waals surface area contributed by atoms with Gasteiger partial charge in [0.05, 0.1) is 0 Å². The van der Waals surface area contributed by atoms with Gasteiger partial charge in [-0.3, -0.25) is 0 Å². The molecule has 0 N–H and O–H groups in total. The summed E-state index contributed by atoms with van der Waals surface area (Å²) in [6.07, 6.45) is 0. The molecule has 0 aliphatic carbocycles. The Kier molecular flexibility index (Phi) is 3.47. The van der Waals surface area contributed by atoms with Gasteiger partial charge in [-0.1, -0.05) is 24.8 Å². The van der Waals surface area contributed by atoms with Crippen molar-refractivity contribution in [2.24, 2.45) is 0 Å². The van der Waals surface area contributed by atoms with Gasteiger partial charge in [-0.05, 0) is 43.7 Å². The second-order valence-corrected chi connectivity index (χ2v) is 5.12. The third kappa shape index (κ3) is 2.61. The fraction of sp³-hybridized carbons (Fsp3) is 0.118. The van der Waals surface area contributed by atoms with E-state index < -0.39 is 5.97 Å². The largest absolute Gasteiger partial charge is 0.421 e. The van der Waals surface area contributed by atoms with E-state index in [0.717, 1.165) is 16.6 Å². The molecule has 110 valence electrons. The molecule has 5 heteroatoms. The lowest BCUT2D eigenvalue weighted by Gasteiger charge is -2.09. The van der Waals surface area contributed by atoms with Gasteiger partial charge in [-0.25, -0.2) is 4.79 Å². The Bertz CT molecular complexity index is 847. The van der Waals surface area contributed by atoms with Crippen LogP contribution in [0.1, 0.15) is 12.5 Å². The van der Waals surface area contributed by atoms with Crippen molar-refractivity contribution in [3.05, 3.63) is 60.2 Å². The minimum Gasteiger partial charge on any atom is -0.421 e. The van der Waals surface area contributed by atoms with Crippen molar-refractivity contribution in [2.75, 3.05) is 0 Å². The SMILES string of the molecule is C=C(C)C(=O)Oc1ccc(C)cc1-n1nc2ccccc2n1. The van der Waals surface area contributed by atoms with Gasteiger partial charge in [0.1, 0.15) is 16.7 Å². The smallest absolute Gasteiger partial charge is 0.338 e. The summed E-state index contributed by atoms with van der Waals surface area (Å²) < 4.78 is 5.37. The quantitative estimate of drug-likeness (QED) is 0.423. The van der Waals surface area contributed by atoms with E-state index in [4.69, 9.17) is 4.74 Å². The zero-order chi connectivity index (χ0) is 15.7. The lowest BCUT2D eigenvalue weighted by atomic mass is 10.2. The van der Waals surface area contributed by atoms with Crippen molar-refractivity contribution in [3.8, 4) is 11.4 Å². The second-order valence-electron chi connectivity index (χ2n) is 5.12. The lowest BCUT2D eigenvalue weighted by Crippen LogP contribution is -2.11. The van der Waals surface area contributed by atoms with Crippen molar-refractivity contribution in [1.29, 1.82) is 0 Å². The Morgan fingerprint density at radius 3 is 2.36 bits per heavy atom. The lowest BCUT2D eigenvalue weighted by molar-refractivity contribution is -0.130. The number of carbonyl (C=O) groups excluding carboxylic acids is 1. The molecule has 3 aromatic rings. The molecule has 0 saturated carbocycles. The molecule has 0 radical (unpaired) electrons. The first-order chi connectivity index (χ1) is 10.5. The van der Waals surface area contributed by atoms with E-state index in [9.17, 15) is 4.79 Å². The third-order valence-electron chi connectivity index (χ3n) is 3.17. The van der Waals surface area contributed by atoms with E-state index in [1.807, 2.05) is 43.3 Å². The molecule has 2 aromatic carbocycles. The van der Waals surface area contributed by atoms with E-state index in [1.54, 1.807) is 13.0 Å². The minimum absolute atomic E-state index is 0.338. The number of ether oxygens (including phenoxy) is 1. The summed E-state index contributed by atoms with van der Waals surface area (Å²) in [6.45, 7) is 7.16. The van der Waals surface area contributed by atoms with Gasteiger partial charge in [0.15, 0.2) is 5.75 Å². The second kappa shape index (κ2) is 5.44. The van der Waals surface area contributed by atoms with E-state index in [2.05, 4.69) is 16.8 Å². The highest BCUT2D eigenvalue weighted by Gasteiger charge is 2.14. The maximum absolute atomic E-state index is 11.8. The van der Waals surface area contributed by atoms with Crippen LogP contribution in [0.3, 0.4) is 0 Å².